The van der Waals surface area contributed by atoms with Crippen molar-refractivity contribution in [2.45, 2.75) is 19.9 Å². The molecule has 110 valence electrons. The second-order valence-electron chi connectivity index (χ2n) is 4.64. The summed E-state index contributed by atoms with van der Waals surface area (Å²) in [6.45, 7) is 3.43. The van der Waals surface area contributed by atoms with E-state index < -0.39 is 0 Å². The van der Waals surface area contributed by atoms with Crippen LogP contribution in [-0.4, -0.2) is 41.2 Å². The molecule has 0 aromatic carbocycles. The van der Waals surface area contributed by atoms with Crippen LogP contribution in [0.5, 0.6) is 0 Å². The third-order valence-corrected chi connectivity index (χ3v) is 3.04. The summed E-state index contributed by atoms with van der Waals surface area (Å²) in [6.07, 6.45) is 4.27. The monoisotopic (exact) mass is 287 g/mol. The maximum atomic E-state index is 4.48. The second kappa shape index (κ2) is 5.73. The van der Waals surface area contributed by atoms with E-state index in [1.54, 1.807) is 12.7 Å². The van der Waals surface area contributed by atoms with Crippen LogP contribution in [0.2, 0.25) is 0 Å². The van der Waals surface area contributed by atoms with Gasteiger partial charge in [-0.2, -0.15) is 9.97 Å². The lowest BCUT2D eigenvalue weighted by Crippen LogP contribution is -2.10. The predicted octanol–water partition coefficient (Wildman–Crippen LogP) is 0.915. The Labute approximate surface area is 121 Å². The van der Waals surface area contributed by atoms with Gasteiger partial charge in [0.2, 0.25) is 5.95 Å². The quantitative estimate of drug-likeness (QED) is 0.618. The first kappa shape index (κ1) is 13.3. The molecule has 21 heavy (non-hydrogen) atoms. The number of fused-ring (bicyclic) bond motifs is 1. The summed E-state index contributed by atoms with van der Waals surface area (Å²) in [5, 5.41) is 14.3. The molecule has 0 saturated heterocycles. The Hall–Kier alpha value is -2.71. The van der Waals surface area contributed by atoms with E-state index in [1.165, 1.54) is 0 Å². The molecule has 0 radical (unpaired) electrons. The zero-order valence-corrected chi connectivity index (χ0v) is 12.0. The van der Waals surface area contributed by atoms with E-state index in [-0.39, 0.29) is 0 Å². The maximum Gasteiger partial charge on any atom is 0.226 e. The molecule has 3 rings (SSSR count). The lowest BCUT2D eigenvalue weighted by molar-refractivity contribution is 0.810. The molecule has 0 bridgehead atoms. The van der Waals surface area contributed by atoms with Gasteiger partial charge in [-0.25, -0.2) is 4.98 Å². The van der Waals surface area contributed by atoms with Gasteiger partial charge in [0.1, 0.15) is 11.8 Å². The first-order valence-corrected chi connectivity index (χ1v) is 6.79. The first-order valence-electron chi connectivity index (χ1n) is 6.79. The summed E-state index contributed by atoms with van der Waals surface area (Å²) in [4.78, 5) is 16.1. The van der Waals surface area contributed by atoms with Crippen LogP contribution in [0.25, 0.3) is 11.2 Å². The molecule has 3 aromatic heterocycles. The summed E-state index contributed by atoms with van der Waals surface area (Å²) in [5.41, 5.74) is 1.41. The third-order valence-electron chi connectivity index (χ3n) is 3.04. The van der Waals surface area contributed by atoms with Crippen molar-refractivity contribution in [2.24, 2.45) is 7.05 Å². The van der Waals surface area contributed by atoms with Crippen LogP contribution in [0, 0.1) is 0 Å². The molecule has 9 heteroatoms. The summed E-state index contributed by atoms with van der Waals surface area (Å²) in [6, 6.07) is 0. The molecular formula is C12H17N9. The van der Waals surface area contributed by atoms with Gasteiger partial charge in [-0.05, 0) is 6.42 Å². The predicted molar refractivity (Wildman–Crippen MR) is 78.8 cm³/mol. The van der Waals surface area contributed by atoms with Gasteiger partial charge in [-0.15, -0.1) is 10.2 Å². The largest absolute Gasteiger partial charge is 0.361 e. The highest BCUT2D eigenvalue weighted by Gasteiger charge is 2.10. The Morgan fingerprint density at radius 3 is 2.95 bits per heavy atom. The fourth-order valence-corrected chi connectivity index (χ4v) is 1.91. The molecule has 0 saturated carbocycles. The molecule has 0 unspecified atom stereocenters. The van der Waals surface area contributed by atoms with E-state index in [9.17, 15) is 0 Å². The van der Waals surface area contributed by atoms with Gasteiger partial charge in [0.05, 0.1) is 12.9 Å². The molecule has 0 atom stereocenters. The van der Waals surface area contributed by atoms with Crippen molar-refractivity contribution in [3.63, 3.8) is 0 Å². The van der Waals surface area contributed by atoms with Crippen LogP contribution in [0.1, 0.15) is 19.2 Å². The molecule has 0 aliphatic rings. The van der Waals surface area contributed by atoms with Gasteiger partial charge >= 0.3 is 0 Å². The van der Waals surface area contributed by atoms with Crippen LogP contribution in [0.3, 0.4) is 0 Å². The number of hydrogen-bond donors (Lipinski definition) is 3. The normalized spacial score (nSPS) is 11.0. The van der Waals surface area contributed by atoms with Crippen LogP contribution in [0.15, 0.2) is 12.7 Å². The number of nitrogens with zero attached hydrogens (tertiary/aromatic N) is 6. The summed E-state index contributed by atoms with van der Waals surface area (Å²) < 4.78 is 1.86. The number of hydrogen-bond acceptors (Lipinski definition) is 7. The van der Waals surface area contributed by atoms with Crippen molar-refractivity contribution in [3.05, 3.63) is 18.5 Å². The van der Waals surface area contributed by atoms with Gasteiger partial charge in [-0.3, -0.25) is 0 Å². The van der Waals surface area contributed by atoms with E-state index >= 15 is 0 Å². The van der Waals surface area contributed by atoms with E-state index in [4.69, 9.17) is 0 Å². The Morgan fingerprint density at radius 1 is 1.29 bits per heavy atom. The van der Waals surface area contributed by atoms with Crippen molar-refractivity contribution >= 4 is 22.9 Å². The lowest BCUT2D eigenvalue weighted by Gasteiger charge is -2.08. The minimum atomic E-state index is 0.523. The molecule has 3 N–H and O–H groups in total. The van der Waals surface area contributed by atoms with Crippen molar-refractivity contribution in [1.82, 2.24) is 34.7 Å². The van der Waals surface area contributed by atoms with Gasteiger partial charge < -0.3 is 20.2 Å². The number of nitrogens with one attached hydrogen (secondary N) is 3. The Kier molecular flexibility index (Phi) is 3.63. The maximum absolute atomic E-state index is 4.48. The van der Waals surface area contributed by atoms with Gasteiger partial charge in [-0.1, -0.05) is 6.92 Å². The first-order chi connectivity index (χ1) is 10.3. The van der Waals surface area contributed by atoms with Crippen LogP contribution in [0.4, 0.5) is 11.8 Å². The average molecular weight is 287 g/mol. The van der Waals surface area contributed by atoms with E-state index in [0.717, 1.165) is 24.3 Å². The molecule has 3 aromatic rings. The average Bonchev–Trinajstić information content (AvgIpc) is 3.11. The van der Waals surface area contributed by atoms with Crippen LogP contribution >= 0.6 is 0 Å². The Balaban J connectivity index is 1.85. The molecular weight excluding hydrogens is 270 g/mol. The topological polar surface area (TPSA) is 109 Å². The van der Waals surface area contributed by atoms with Gasteiger partial charge in [0, 0.05) is 13.6 Å². The molecule has 0 fully saturated rings. The van der Waals surface area contributed by atoms with E-state index in [0.29, 0.717) is 24.0 Å². The summed E-state index contributed by atoms with van der Waals surface area (Å²) >= 11 is 0. The number of anilines is 2. The Morgan fingerprint density at radius 2 is 2.19 bits per heavy atom. The number of aromatic nitrogens is 7. The molecule has 3 heterocycles. The zero-order chi connectivity index (χ0) is 14.7. The lowest BCUT2D eigenvalue weighted by atomic mass is 10.4. The minimum absolute atomic E-state index is 0.523. The fourth-order valence-electron chi connectivity index (χ4n) is 1.91. The molecule has 0 amide bonds. The number of aromatic amines is 1. The standard InChI is InChI=1S/C12H17N9/c1-3-4-13-12-18-10(9-11(19-12)16-6-15-9)14-5-8-20-17-7-21(8)2/h6-7H,3-5H2,1-2H3,(H3,13,14,15,16,18,19). The molecule has 0 spiro atoms. The van der Waals surface area contributed by atoms with E-state index in [1.807, 2.05) is 11.6 Å². The van der Waals surface area contributed by atoms with Gasteiger partial charge in [0.15, 0.2) is 17.3 Å². The fraction of sp³-hybridized carbons (Fsp3) is 0.417. The van der Waals surface area contributed by atoms with Crippen molar-refractivity contribution in [2.75, 3.05) is 17.2 Å². The Bertz CT molecular complexity index is 729. The zero-order valence-electron chi connectivity index (χ0n) is 12.0. The number of rotatable bonds is 6. The second-order valence-corrected chi connectivity index (χ2v) is 4.64. The minimum Gasteiger partial charge on any atom is -0.361 e. The number of aryl methyl sites for hydroxylation is 1. The van der Waals surface area contributed by atoms with E-state index in [2.05, 4.69) is 47.7 Å². The van der Waals surface area contributed by atoms with Crippen LogP contribution < -0.4 is 10.6 Å². The van der Waals surface area contributed by atoms with Gasteiger partial charge in [0.25, 0.3) is 0 Å². The van der Waals surface area contributed by atoms with Crippen molar-refractivity contribution in [3.8, 4) is 0 Å². The molecule has 0 aliphatic carbocycles. The highest BCUT2D eigenvalue weighted by molar-refractivity contribution is 5.83. The summed E-state index contributed by atoms with van der Waals surface area (Å²) in [7, 11) is 1.90. The smallest absolute Gasteiger partial charge is 0.226 e. The molecule has 0 aliphatic heterocycles. The SMILES string of the molecule is CCCNc1nc(NCc2nncn2C)c2[nH]cnc2n1. The van der Waals surface area contributed by atoms with Crippen LogP contribution in [-0.2, 0) is 13.6 Å². The van der Waals surface area contributed by atoms with Crippen molar-refractivity contribution in [1.29, 1.82) is 0 Å². The van der Waals surface area contributed by atoms with Crippen molar-refractivity contribution < 1.29 is 0 Å². The third kappa shape index (κ3) is 2.76. The molecule has 9 nitrogen and oxygen atoms in total. The summed E-state index contributed by atoms with van der Waals surface area (Å²) in [5.74, 6) is 2.08. The number of H-pyrrole nitrogens is 1. The highest BCUT2D eigenvalue weighted by Crippen LogP contribution is 2.19. The number of imidazole rings is 1. The highest BCUT2D eigenvalue weighted by atomic mass is 15.3.